The quantitative estimate of drug-likeness (QED) is 0.240. The molecule has 1 aliphatic heterocycles. The molecule has 193 valence electrons. The molecular weight excluding hydrogens is 599 g/mol. The second-order valence-corrected chi connectivity index (χ2v) is 7.86. The number of carbonyl (C=O) groups excluding carboxylic acids is 4. The summed E-state index contributed by atoms with van der Waals surface area (Å²) in [5, 5.41) is 42.2. The summed E-state index contributed by atoms with van der Waals surface area (Å²) in [4.78, 5) is 64.0. The van der Waals surface area contributed by atoms with Crippen molar-refractivity contribution in [2.24, 2.45) is 0 Å². The maximum absolute atomic E-state index is 12.4. The number of carboxylic acid groups (broad SMARTS) is 4. The number of hydrogen-bond donors (Lipinski definition) is 1. The van der Waals surface area contributed by atoms with Gasteiger partial charge in [0, 0.05) is 79.0 Å². The largest absolute Gasteiger partial charge is 3.00 e. The molecule has 1 rings (SSSR count). The van der Waals surface area contributed by atoms with Gasteiger partial charge in [-0.3, -0.25) is 29.2 Å². The number of carboxylic acids is 4. The summed E-state index contributed by atoms with van der Waals surface area (Å²) in [5.41, 5.74) is 0. The van der Waals surface area contributed by atoms with Crippen LogP contribution in [0.2, 0.25) is 0 Å². The van der Waals surface area contributed by atoms with E-state index in [1.54, 1.807) is 14.7 Å². The van der Waals surface area contributed by atoms with E-state index in [-0.39, 0.29) is 98.8 Å². The molecule has 0 aliphatic carbocycles. The Bertz CT molecular complexity index is 680. The fourth-order valence-electron chi connectivity index (χ4n) is 3.36. The Morgan fingerprint density at radius 2 is 0.912 bits per heavy atom. The molecule has 14 nitrogen and oxygen atoms in total. The van der Waals surface area contributed by atoms with E-state index in [0.29, 0.717) is 0 Å². The topological polar surface area (TPSA) is 191 Å². The molecule has 0 bridgehead atoms. The zero-order chi connectivity index (χ0) is 25.0. The van der Waals surface area contributed by atoms with E-state index in [4.69, 9.17) is 5.11 Å². The number of rotatable bonds is 10. The van der Waals surface area contributed by atoms with Crippen LogP contribution < -0.4 is 15.3 Å². The predicted molar refractivity (Wildman–Crippen MR) is 106 cm³/mol. The first-order valence-electron chi connectivity index (χ1n) is 10.4. The molecule has 0 aromatic carbocycles. The van der Waals surface area contributed by atoms with Gasteiger partial charge in [-0.25, -0.2) is 0 Å². The van der Waals surface area contributed by atoms with Crippen molar-refractivity contribution in [1.29, 1.82) is 0 Å². The number of nitrogens with zero attached hydrogens (tertiary/aromatic N) is 5. The van der Waals surface area contributed by atoms with Crippen LogP contribution in [0.5, 0.6) is 0 Å². The van der Waals surface area contributed by atoms with Crippen LogP contribution in [0.3, 0.4) is 0 Å². The molecule has 0 saturated carbocycles. The Balaban J connectivity index is 0.0000109. The fraction of sp³-hybridized carbons (Fsp3) is 0.737. The molecule has 1 N–H and O–H groups in total. The number of carbonyl (C=O) groups is 5. The molecule has 0 aromatic heterocycles. The average molecular weight is 630 g/mol. The van der Waals surface area contributed by atoms with Gasteiger partial charge in [-0.15, -0.1) is 0 Å². The van der Waals surface area contributed by atoms with E-state index in [2.05, 4.69) is 0 Å². The standard InChI is InChI=1S/C19H33N5O9.Gd/c1-20(11-16(26)27)15(25)10-21-2-4-22(12-17(28)29)6-8-24(14-19(32)33)9-7-23(5-3-21)13-18(30)31;/h2-14H2,1H3,(H,26,27)(H,28,29)(H,30,31)(H,32,33);/q;+3/p-3. The van der Waals surface area contributed by atoms with Gasteiger partial charge in [0.05, 0.1) is 24.5 Å². The summed E-state index contributed by atoms with van der Waals surface area (Å²) in [6.45, 7) is -0.117. The zero-order valence-corrected chi connectivity index (χ0v) is 21.3. The Labute approximate surface area is 229 Å². The first-order chi connectivity index (χ1) is 15.5. The third kappa shape index (κ3) is 14.7. The molecule has 1 fully saturated rings. The van der Waals surface area contributed by atoms with Crippen molar-refractivity contribution in [2.75, 3.05) is 92.1 Å². The van der Waals surface area contributed by atoms with Crippen LogP contribution >= 0.6 is 0 Å². The molecule has 15 heteroatoms. The molecule has 1 saturated heterocycles. The van der Waals surface area contributed by atoms with E-state index in [1.807, 2.05) is 0 Å². The summed E-state index contributed by atoms with van der Waals surface area (Å²) in [7, 11) is 1.35. The van der Waals surface area contributed by atoms with E-state index in [0.717, 1.165) is 4.90 Å². The van der Waals surface area contributed by atoms with E-state index in [9.17, 15) is 39.3 Å². The van der Waals surface area contributed by atoms with Gasteiger partial charge in [0.15, 0.2) is 0 Å². The summed E-state index contributed by atoms with van der Waals surface area (Å²) in [5.74, 6) is -5.55. The van der Waals surface area contributed by atoms with Gasteiger partial charge in [0.2, 0.25) is 5.91 Å². The smallest absolute Gasteiger partial charge is 0.549 e. The molecule has 1 amide bonds. The summed E-state index contributed by atoms with van der Waals surface area (Å²) in [6, 6.07) is 0. The summed E-state index contributed by atoms with van der Waals surface area (Å²) < 4.78 is 0. The van der Waals surface area contributed by atoms with Crippen molar-refractivity contribution in [3.63, 3.8) is 0 Å². The number of aliphatic carboxylic acids is 4. The maximum Gasteiger partial charge on any atom is 3.00 e. The molecular formula is C19H30GdN5O9. The molecule has 0 unspecified atom stereocenters. The minimum absolute atomic E-state index is 0. The number of likely N-dealkylation sites (N-methyl/N-ethyl adjacent to an activating group) is 1. The Morgan fingerprint density at radius 3 is 1.15 bits per heavy atom. The van der Waals surface area contributed by atoms with E-state index < -0.39 is 56.0 Å². The normalized spacial score (nSPS) is 17.6. The van der Waals surface area contributed by atoms with Crippen LogP contribution in [-0.4, -0.2) is 152 Å². The van der Waals surface area contributed by atoms with Gasteiger partial charge in [0.25, 0.3) is 0 Å². The van der Waals surface area contributed by atoms with E-state index >= 15 is 0 Å². The predicted octanol–water partition coefficient (Wildman–Crippen LogP) is -7.00. The molecule has 1 aliphatic rings. The summed E-state index contributed by atoms with van der Waals surface area (Å²) in [6.07, 6.45) is 0. The second kappa shape index (κ2) is 17.0. The average Bonchev–Trinajstić information content (AvgIpc) is 2.68. The van der Waals surface area contributed by atoms with Crippen molar-refractivity contribution < 1.29 is 84.3 Å². The van der Waals surface area contributed by atoms with Crippen LogP contribution in [-0.2, 0) is 24.0 Å². The third-order valence-electron chi connectivity index (χ3n) is 5.14. The number of hydrogen-bond acceptors (Lipinski definition) is 12. The molecule has 0 atom stereocenters. The van der Waals surface area contributed by atoms with Gasteiger partial charge < -0.3 is 39.7 Å². The Morgan fingerprint density at radius 1 is 0.647 bits per heavy atom. The van der Waals surface area contributed by atoms with Crippen LogP contribution in [0, 0.1) is 39.9 Å². The first kappa shape index (κ1) is 32.5. The fourth-order valence-corrected chi connectivity index (χ4v) is 3.36. The molecule has 1 heterocycles. The van der Waals surface area contributed by atoms with Gasteiger partial charge in [-0.1, -0.05) is 0 Å². The van der Waals surface area contributed by atoms with Crippen molar-refractivity contribution in [2.45, 2.75) is 0 Å². The van der Waals surface area contributed by atoms with Crippen LogP contribution in [0.25, 0.3) is 0 Å². The first-order valence-corrected chi connectivity index (χ1v) is 10.4. The molecule has 0 aromatic rings. The van der Waals surface area contributed by atoms with Crippen LogP contribution in [0.15, 0.2) is 0 Å². The van der Waals surface area contributed by atoms with Crippen LogP contribution in [0.1, 0.15) is 0 Å². The summed E-state index contributed by atoms with van der Waals surface area (Å²) >= 11 is 0. The Hall–Kier alpha value is -1.49. The van der Waals surface area contributed by atoms with Gasteiger partial charge in [-0.05, 0) is 0 Å². The SMILES string of the molecule is CN(CC(=O)O)C(=O)CN1CCN(CC(=O)[O-])CCN(CC(=O)[O-])CCN(CC(=O)[O-])CC1.[Gd+3]. The number of amides is 1. The molecule has 34 heavy (non-hydrogen) atoms. The maximum atomic E-state index is 12.4. The zero-order valence-electron chi connectivity index (χ0n) is 19.0. The minimum atomic E-state index is -1.31. The van der Waals surface area contributed by atoms with Crippen molar-refractivity contribution in [3.05, 3.63) is 0 Å². The van der Waals surface area contributed by atoms with Gasteiger partial charge >= 0.3 is 45.9 Å². The van der Waals surface area contributed by atoms with Crippen LogP contribution in [0.4, 0.5) is 0 Å². The van der Waals surface area contributed by atoms with Crippen molar-refractivity contribution in [3.8, 4) is 0 Å². The van der Waals surface area contributed by atoms with E-state index in [1.165, 1.54) is 11.9 Å². The van der Waals surface area contributed by atoms with Gasteiger partial charge in [0.1, 0.15) is 6.54 Å². The van der Waals surface area contributed by atoms with Gasteiger partial charge in [-0.2, -0.15) is 0 Å². The second-order valence-electron chi connectivity index (χ2n) is 7.86. The monoisotopic (exact) mass is 630 g/mol. The Kier molecular flexibility index (Phi) is 16.3. The van der Waals surface area contributed by atoms with Crippen molar-refractivity contribution >= 4 is 29.8 Å². The third-order valence-corrected chi connectivity index (χ3v) is 5.14. The van der Waals surface area contributed by atoms with Crippen molar-refractivity contribution in [1.82, 2.24) is 24.5 Å². The molecule has 1 radical (unpaired) electrons. The minimum Gasteiger partial charge on any atom is -0.549 e. The molecule has 0 spiro atoms.